The van der Waals surface area contributed by atoms with Crippen molar-refractivity contribution in [3.63, 3.8) is 0 Å². The summed E-state index contributed by atoms with van der Waals surface area (Å²) in [6.45, 7) is 11.4. The molecule has 1 aromatic heterocycles. The first-order valence-electron chi connectivity index (χ1n) is 9.90. The molecule has 30 heavy (non-hydrogen) atoms. The molecule has 1 aromatic carbocycles. The summed E-state index contributed by atoms with van der Waals surface area (Å²) in [5, 5.41) is 0. The Morgan fingerprint density at radius 1 is 1.00 bits per heavy atom. The average molecular weight is 478 g/mol. The molecule has 1 aliphatic heterocycles. The summed E-state index contributed by atoms with van der Waals surface area (Å²) in [5.41, 5.74) is 1.06. The lowest BCUT2D eigenvalue weighted by atomic mass is 9.96. The predicted octanol–water partition coefficient (Wildman–Crippen LogP) is 5.31. The molecule has 0 fully saturated rings. The van der Waals surface area contributed by atoms with E-state index in [0.717, 1.165) is 15.7 Å². The van der Waals surface area contributed by atoms with Gasteiger partial charge in [0.2, 0.25) is 0 Å². The molecule has 2 aromatic rings. The summed E-state index contributed by atoms with van der Waals surface area (Å²) in [4.78, 5) is 31.8. The van der Waals surface area contributed by atoms with Crippen molar-refractivity contribution in [1.29, 1.82) is 0 Å². The average Bonchev–Trinajstić information content (AvgIpc) is 3.03. The molecule has 3 rings (SSSR count). The number of carbonyl (C=O) groups is 2. The van der Waals surface area contributed by atoms with Gasteiger partial charge in [0, 0.05) is 17.4 Å². The zero-order chi connectivity index (χ0) is 22.3. The predicted molar refractivity (Wildman–Crippen MR) is 116 cm³/mol. The fourth-order valence-corrected chi connectivity index (χ4v) is 3.60. The van der Waals surface area contributed by atoms with E-state index in [1.165, 1.54) is 10.9 Å². The fraction of sp³-hybridized carbons (Fsp3) is 0.500. The number of imidazole rings is 1. The molecule has 0 aliphatic carbocycles. The van der Waals surface area contributed by atoms with Gasteiger partial charge in [-0.15, -0.1) is 0 Å². The maximum absolute atomic E-state index is 13.0. The van der Waals surface area contributed by atoms with E-state index in [0.29, 0.717) is 18.7 Å². The SMILES string of the molecule is CC(C)(C)OC(=O)N1CCc2c(ncn2C(=O)OC(C)(C)C)C1c1ccc(Br)cc1. The number of carbonyl (C=O) groups excluding carboxylic acids is 2. The minimum Gasteiger partial charge on any atom is -0.444 e. The van der Waals surface area contributed by atoms with Gasteiger partial charge in [-0.3, -0.25) is 4.90 Å². The standard InChI is InChI=1S/C22H28BrN3O4/c1-21(2,3)29-19(27)25-12-11-16-17(18(25)14-7-9-15(23)10-8-14)24-13-26(16)20(28)30-22(4,5)6/h7-10,13,18H,11-12H2,1-6H3. The lowest BCUT2D eigenvalue weighted by molar-refractivity contribution is 0.0173. The normalized spacial score (nSPS) is 16.8. The summed E-state index contributed by atoms with van der Waals surface area (Å²) in [6.07, 6.45) is 1.06. The van der Waals surface area contributed by atoms with Crippen LogP contribution in [-0.2, 0) is 15.9 Å². The van der Waals surface area contributed by atoms with Crippen molar-refractivity contribution in [3.05, 3.63) is 52.0 Å². The second kappa shape index (κ2) is 8.06. The Morgan fingerprint density at radius 3 is 2.13 bits per heavy atom. The lowest BCUT2D eigenvalue weighted by Crippen LogP contribution is -2.44. The van der Waals surface area contributed by atoms with E-state index in [-0.39, 0.29) is 0 Å². The van der Waals surface area contributed by atoms with Gasteiger partial charge >= 0.3 is 12.2 Å². The minimum atomic E-state index is -0.615. The minimum absolute atomic E-state index is 0.400. The van der Waals surface area contributed by atoms with E-state index in [4.69, 9.17) is 9.47 Å². The number of hydrogen-bond acceptors (Lipinski definition) is 5. The van der Waals surface area contributed by atoms with Crippen LogP contribution in [0.3, 0.4) is 0 Å². The van der Waals surface area contributed by atoms with Gasteiger partial charge in [0.05, 0.1) is 11.4 Å². The van der Waals surface area contributed by atoms with Gasteiger partial charge < -0.3 is 9.47 Å². The molecule has 1 aliphatic rings. The van der Waals surface area contributed by atoms with Gasteiger partial charge in [-0.1, -0.05) is 28.1 Å². The third kappa shape index (κ3) is 5.03. The largest absolute Gasteiger partial charge is 0.444 e. The molecule has 0 N–H and O–H groups in total. The maximum Gasteiger partial charge on any atom is 0.420 e. The summed E-state index contributed by atoms with van der Waals surface area (Å²) in [5.74, 6) is 0. The molecular formula is C22H28BrN3O4. The number of fused-ring (bicyclic) bond motifs is 1. The third-order valence-corrected chi connectivity index (χ3v) is 4.99. The van der Waals surface area contributed by atoms with E-state index in [9.17, 15) is 9.59 Å². The summed E-state index contributed by atoms with van der Waals surface area (Å²) >= 11 is 3.45. The number of nitrogens with zero attached hydrogens (tertiary/aromatic N) is 3. The topological polar surface area (TPSA) is 73.7 Å². The van der Waals surface area contributed by atoms with Crippen LogP contribution in [0.25, 0.3) is 0 Å². The van der Waals surface area contributed by atoms with Crippen LogP contribution in [0.2, 0.25) is 0 Å². The van der Waals surface area contributed by atoms with Gasteiger partial charge in [0.25, 0.3) is 0 Å². The van der Waals surface area contributed by atoms with Crippen molar-refractivity contribution >= 4 is 28.1 Å². The Morgan fingerprint density at radius 2 is 1.57 bits per heavy atom. The van der Waals surface area contributed by atoms with Crippen LogP contribution in [0.5, 0.6) is 0 Å². The van der Waals surface area contributed by atoms with E-state index in [2.05, 4.69) is 20.9 Å². The Hall–Kier alpha value is -2.35. The molecule has 0 radical (unpaired) electrons. The van der Waals surface area contributed by atoms with E-state index in [1.807, 2.05) is 65.8 Å². The summed E-state index contributed by atoms with van der Waals surface area (Å²) in [6, 6.07) is 7.26. The molecule has 7 nitrogen and oxygen atoms in total. The van der Waals surface area contributed by atoms with Gasteiger partial charge in [-0.25, -0.2) is 19.1 Å². The fourth-order valence-electron chi connectivity index (χ4n) is 3.34. The van der Waals surface area contributed by atoms with Crippen LogP contribution < -0.4 is 0 Å². The van der Waals surface area contributed by atoms with Crippen LogP contribution in [0.15, 0.2) is 35.1 Å². The summed E-state index contributed by atoms with van der Waals surface area (Å²) in [7, 11) is 0. The zero-order valence-electron chi connectivity index (χ0n) is 18.2. The highest BCUT2D eigenvalue weighted by molar-refractivity contribution is 9.10. The van der Waals surface area contributed by atoms with Crippen LogP contribution in [0.4, 0.5) is 9.59 Å². The monoisotopic (exact) mass is 477 g/mol. The van der Waals surface area contributed by atoms with Crippen molar-refractivity contribution in [2.24, 2.45) is 0 Å². The number of halogens is 1. The van der Waals surface area contributed by atoms with Crippen molar-refractivity contribution in [3.8, 4) is 0 Å². The molecule has 0 bridgehead atoms. The number of aromatic nitrogens is 2. The molecule has 0 saturated carbocycles. The number of rotatable bonds is 1. The number of benzene rings is 1. The highest BCUT2D eigenvalue weighted by atomic mass is 79.9. The van der Waals surface area contributed by atoms with Crippen LogP contribution in [0, 0.1) is 0 Å². The smallest absolute Gasteiger partial charge is 0.420 e. The van der Waals surface area contributed by atoms with Gasteiger partial charge in [-0.05, 0) is 59.2 Å². The van der Waals surface area contributed by atoms with E-state index in [1.54, 1.807) is 4.90 Å². The molecule has 1 unspecified atom stereocenters. The second-order valence-electron chi connectivity index (χ2n) is 9.30. The molecule has 1 amide bonds. The van der Waals surface area contributed by atoms with E-state index < -0.39 is 29.4 Å². The Bertz CT molecular complexity index is 939. The van der Waals surface area contributed by atoms with Crippen molar-refractivity contribution < 1.29 is 19.1 Å². The zero-order valence-corrected chi connectivity index (χ0v) is 19.8. The summed E-state index contributed by atoms with van der Waals surface area (Å²) < 4.78 is 13.5. The highest BCUT2D eigenvalue weighted by Crippen LogP contribution is 2.36. The molecule has 1 atom stereocenters. The lowest BCUT2D eigenvalue weighted by Gasteiger charge is -2.36. The van der Waals surface area contributed by atoms with Gasteiger partial charge in [0.15, 0.2) is 0 Å². The number of amides is 1. The van der Waals surface area contributed by atoms with Crippen molar-refractivity contribution in [2.75, 3.05) is 6.54 Å². The first-order chi connectivity index (χ1) is 13.9. The highest BCUT2D eigenvalue weighted by Gasteiger charge is 2.38. The van der Waals surface area contributed by atoms with Crippen LogP contribution in [0.1, 0.15) is 64.5 Å². The molecule has 2 heterocycles. The first kappa shape index (κ1) is 22.3. The quantitative estimate of drug-likeness (QED) is 0.556. The molecule has 8 heteroatoms. The Balaban J connectivity index is 2.02. The van der Waals surface area contributed by atoms with Crippen molar-refractivity contribution in [2.45, 2.75) is 65.2 Å². The second-order valence-corrected chi connectivity index (χ2v) is 10.2. The molecule has 162 valence electrons. The van der Waals surface area contributed by atoms with Gasteiger partial charge in [-0.2, -0.15) is 0 Å². The number of hydrogen-bond donors (Lipinski definition) is 0. The maximum atomic E-state index is 13.0. The van der Waals surface area contributed by atoms with Crippen LogP contribution in [-0.4, -0.2) is 44.4 Å². The van der Waals surface area contributed by atoms with Gasteiger partial charge in [0.1, 0.15) is 23.6 Å². The third-order valence-electron chi connectivity index (χ3n) is 4.46. The first-order valence-corrected chi connectivity index (χ1v) is 10.7. The van der Waals surface area contributed by atoms with Crippen molar-refractivity contribution in [1.82, 2.24) is 14.5 Å². The molecule has 0 spiro atoms. The Kier molecular flexibility index (Phi) is 6.00. The van der Waals surface area contributed by atoms with Crippen LogP contribution >= 0.6 is 15.9 Å². The molecular weight excluding hydrogens is 450 g/mol. The van der Waals surface area contributed by atoms with E-state index >= 15 is 0 Å². The Labute approximate surface area is 185 Å². The molecule has 0 saturated heterocycles. The number of ether oxygens (including phenoxy) is 2.